The number of hydrogen-bond donors (Lipinski definition) is 4. The molecule has 25 heavy (non-hydrogen) atoms. The third-order valence-corrected chi connectivity index (χ3v) is 4.02. The Morgan fingerprint density at radius 2 is 1.00 bits per heavy atom. The number of rotatable bonds is 2. The second-order valence-corrected chi connectivity index (χ2v) is 6.06. The zero-order valence-corrected chi connectivity index (χ0v) is 12.9. The lowest BCUT2D eigenvalue weighted by Gasteiger charge is -2.15. The zero-order chi connectivity index (χ0) is 19.2. The molecule has 0 saturated carbocycles. The number of anilines is 2. The highest BCUT2D eigenvalue weighted by Crippen LogP contribution is 2.45. The predicted molar refractivity (Wildman–Crippen MR) is 79.2 cm³/mol. The summed E-state index contributed by atoms with van der Waals surface area (Å²) in [6.45, 7) is 0. The number of halogens is 6. The van der Waals surface area contributed by atoms with Gasteiger partial charge in [0.1, 0.15) is 11.1 Å². The van der Waals surface area contributed by atoms with Crippen LogP contribution in [0.5, 0.6) is 11.5 Å². The molecule has 0 atom stereocenters. The molecule has 11 heteroatoms. The van der Waals surface area contributed by atoms with Crippen LogP contribution < -0.4 is 11.5 Å². The number of nitrogen functional groups attached to an aromatic ring is 2. The van der Waals surface area contributed by atoms with Gasteiger partial charge in [0.25, 0.3) is 0 Å². The third-order valence-electron chi connectivity index (χ3n) is 3.07. The van der Waals surface area contributed by atoms with Gasteiger partial charge in [-0.1, -0.05) is 11.8 Å². The predicted octanol–water partition coefficient (Wildman–Crippen LogP) is 4.45. The van der Waals surface area contributed by atoms with E-state index in [2.05, 4.69) is 0 Å². The number of aromatic hydroxyl groups is 2. The summed E-state index contributed by atoms with van der Waals surface area (Å²) >= 11 is 0.512. The summed E-state index contributed by atoms with van der Waals surface area (Å²) in [5.41, 5.74) is 6.63. The van der Waals surface area contributed by atoms with Gasteiger partial charge in [0.05, 0.1) is 11.4 Å². The van der Waals surface area contributed by atoms with Crippen LogP contribution in [-0.4, -0.2) is 10.2 Å². The van der Waals surface area contributed by atoms with Crippen LogP contribution in [0.15, 0.2) is 34.1 Å². The van der Waals surface area contributed by atoms with Gasteiger partial charge in [0, 0.05) is 9.79 Å². The number of nitrogens with two attached hydrogens (primary N) is 2. The average Bonchev–Trinajstić information content (AvgIpc) is 2.43. The van der Waals surface area contributed by atoms with Gasteiger partial charge in [-0.15, -0.1) is 0 Å². The molecule has 0 unspecified atom stereocenters. The van der Waals surface area contributed by atoms with E-state index in [1.165, 1.54) is 0 Å². The largest absolute Gasteiger partial charge is 0.505 e. The Bertz CT molecular complexity index is 753. The first kappa shape index (κ1) is 18.9. The van der Waals surface area contributed by atoms with Gasteiger partial charge in [-0.25, -0.2) is 0 Å². The van der Waals surface area contributed by atoms with Crippen molar-refractivity contribution in [3.05, 3.63) is 35.4 Å². The molecule has 136 valence electrons. The lowest BCUT2D eigenvalue weighted by Crippen LogP contribution is -2.07. The summed E-state index contributed by atoms with van der Waals surface area (Å²) in [6, 6.07) is 3.05. The van der Waals surface area contributed by atoms with Gasteiger partial charge >= 0.3 is 12.4 Å². The second kappa shape index (κ2) is 6.14. The maximum Gasteiger partial charge on any atom is 0.420 e. The molecule has 0 saturated heterocycles. The van der Waals surface area contributed by atoms with Gasteiger partial charge in [0.15, 0.2) is 11.5 Å². The number of hydrogen-bond acceptors (Lipinski definition) is 5. The molecule has 4 nitrogen and oxygen atoms in total. The molecule has 6 N–H and O–H groups in total. The summed E-state index contributed by atoms with van der Waals surface area (Å²) in [5.74, 6) is -2.34. The average molecular weight is 384 g/mol. The topological polar surface area (TPSA) is 92.5 Å². The van der Waals surface area contributed by atoms with E-state index in [0.29, 0.717) is 23.9 Å². The number of phenols is 2. The van der Waals surface area contributed by atoms with Crippen LogP contribution in [-0.2, 0) is 12.4 Å². The number of alkyl halides is 6. The van der Waals surface area contributed by atoms with E-state index in [0.717, 1.165) is 12.1 Å². The summed E-state index contributed by atoms with van der Waals surface area (Å²) < 4.78 is 77.1. The molecule has 0 spiro atoms. The van der Waals surface area contributed by atoms with Crippen LogP contribution in [0.4, 0.5) is 37.7 Å². The summed E-state index contributed by atoms with van der Waals surface area (Å²) in [7, 11) is 0. The van der Waals surface area contributed by atoms with E-state index >= 15 is 0 Å². The molecule has 0 amide bonds. The normalized spacial score (nSPS) is 12.4. The molecule has 2 aromatic rings. The standard InChI is InChI=1S/C14H10F6N2O2S/c15-13(16,17)7-1-5(3-9(21)11(7)23)25-6-2-8(14(18,19)20)12(24)10(22)4-6/h1-4,23-24H,21-22H2. The smallest absolute Gasteiger partial charge is 0.420 e. The monoisotopic (exact) mass is 384 g/mol. The SMILES string of the molecule is Nc1cc(Sc2cc(N)c(O)c(C(F)(F)F)c2)cc(C(F)(F)F)c1O. The molecule has 2 aromatic carbocycles. The molecule has 0 bridgehead atoms. The van der Waals surface area contributed by atoms with E-state index in [-0.39, 0.29) is 9.79 Å². The van der Waals surface area contributed by atoms with Crippen molar-refractivity contribution in [2.24, 2.45) is 0 Å². The van der Waals surface area contributed by atoms with Crippen molar-refractivity contribution in [3.8, 4) is 11.5 Å². The Labute approximate surface area is 141 Å². The maximum absolute atomic E-state index is 12.9. The molecular weight excluding hydrogens is 374 g/mol. The fourth-order valence-electron chi connectivity index (χ4n) is 1.94. The molecule has 0 radical (unpaired) electrons. The lowest BCUT2D eigenvalue weighted by molar-refractivity contribution is -0.139. The molecule has 0 aromatic heterocycles. The van der Waals surface area contributed by atoms with Crippen LogP contribution in [0, 0.1) is 0 Å². The molecule has 2 rings (SSSR count). The summed E-state index contributed by atoms with van der Waals surface area (Å²) in [5, 5.41) is 18.8. The van der Waals surface area contributed by atoms with Gasteiger partial charge in [-0.05, 0) is 24.3 Å². The van der Waals surface area contributed by atoms with Crippen LogP contribution >= 0.6 is 11.8 Å². The summed E-state index contributed by atoms with van der Waals surface area (Å²) in [4.78, 5) is -0.332. The van der Waals surface area contributed by atoms with Crippen molar-refractivity contribution in [2.75, 3.05) is 11.5 Å². The Kier molecular flexibility index (Phi) is 4.64. The first-order valence-corrected chi connectivity index (χ1v) is 7.19. The minimum absolute atomic E-state index is 0.166. The van der Waals surface area contributed by atoms with E-state index in [1.807, 2.05) is 0 Å². The lowest BCUT2D eigenvalue weighted by atomic mass is 10.1. The first-order valence-electron chi connectivity index (χ1n) is 6.38. The van der Waals surface area contributed by atoms with Crippen molar-refractivity contribution >= 4 is 23.1 Å². The zero-order valence-electron chi connectivity index (χ0n) is 12.0. The fourth-order valence-corrected chi connectivity index (χ4v) is 2.94. The molecule has 0 fully saturated rings. The first-order chi connectivity index (χ1) is 11.3. The quantitative estimate of drug-likeness (QED) is 0.349. The Morgan fingerprint density at radius 3 is 1.28 bits per heavy atom. The Morgan fingerprint density at radius 1 is 0.680 bits per heavy atom. The van der Waals surface area contributed by atoms with Gasteiger partial charge in [0.2, 0.25) is 0 Å². The van der Waals surface area contributed by atoms with Crippen molar-refractivity contribution < 1.29 is 36.6 Å². The van der Waals surface area contributed by atoms with Crippen molar-refractivity contribution in [2.45, 2.75) is 22.1 Å². The van der Waals surface area contributed by atoms with Gasteiger partial charge in [-0.3, -0.25) is 0 Å². The second-order valence-electron chi connectivity index (χ2n) is 4.91. The van der Waals surface area contributed by atoms with Crippen LogP contribution in [0.1, 0.15) is 11.1 Å². The van der Waals surface area contributed by atoms with Crippen LogP contribution in [0.2, 0.25) is 0 Å². The number of benzene rings is 2. The van der Waals surface area contributed by atoms with Crippen LogP contribution in [0.25, 0.3) is 0 Å². The molecule has 0 aliphatic carbocycles. The van der Waals surface area contributed by atoms with Crippen LogP contribution in [0.3, 0.4) is 0 Å². The minimum atomic E-state index is -4.90. The van der Waals surface area contributed by atoms with E-state index in [1.54, 1.807) is 0 Å². The third kappa shape index (κ3) is 3.98. The highest BCUT2D eigenvalue weighted by molar-refractivity contribution is 7.99. The van der Waals surface area contributed by atoms with E-state index in [4.69, 9.17) is 11.5 Å². The van der Waals surface area contributed by atoms with Crippen molar-refractivity contribution in [1.82, 2.24) is 0 Å². The molecule has 0 aliphatic heterocycles. The van der Waals surface area contributed by atoms with Crippen molar-refractivity contribution in [1.29, 1.82) is 0 Å². The van der Waals surface area contributed by atoms with Gasteiger partial charge in [-0.2, -0.15) is 26.3 Å². The number of phenolic OH excluding ortho intramolecular Hbond substituents is 2. The Balaban J connectivity index is 2.51. The Hall–Kier alpha value is -2.43. The highest BCUT2D eigenvalue weighted by Gasteiger charge is 2.36. The molecular formula is C14H10F6N2O2S. The van der Waals surface area contributed by atoms with E-state index < -0.39 is 46.4 Å². The van der Waals surface area contributed by atoms with E-state index in [9.17, 15) is 36.6 Å². The minimum Gasteiger partial charge on any atom is -0.505 e. The van der Waals surface area contributed by atoms with Gasteiger partial charge < -0.3 is 21.7 Å². The fraction of sp³-hybridized carbons (Fsp3) is 0.143. The molecule has 0 aliphatic rings. The highest BCUT2D eigenvalue weighted by atomic mass is 32.2. The summed E-state index contributed by atoms with van der Waals surface area (Å²) in [6.07, 6.45) is -9.81. The molecule has 0 heterocycles. The van der Waals surface area contributed by atoms with Crippen molar-refractivity contribution in [3.63, 3.8) is 0 Å². The maximum atomic E-state index is 12.9.